The van der Waals surface area contributed by atoms with Crippen LogP contribution < -0.4 is 5.73 Å². The van der Waals surface area contributed by atoms with E-state index in [1.807, 2.05) is 0 Å². The molecular weight excluding hydrogens is 305 g/mol. The summed E-state index contributed by atoms with van der Waals surface area (Å²) in [5.74, 6) is -0.824. The maximum absolute atomic E-state index is 9.65. The molecule has 1 aliphatic carbocycles. The number of nitrogens with two attached hydrogens (primary N) is 1. The standard InChI is InChI=1S/C6H7Cl2N.C3H5BrO2/c7-6(8)3-1-2-5(9)4-6;1-2(4)3(5)6/h1-3H,4,9H2;2H,1H3,(H,5,6). The van der Waals surface area contributed by atoms with Crippen molar-refractivity contribution in [2.24, 2.45) is 5.73 Å². The summed E-state index contributed by atoms with van der Waals surface area (Å²) in [4.78, 5) is 9.23. The van der Waals surface area contributed by atoms with E-state index in [0.717, 1.165) is 5.70 Å². The van der Waals surface area contributed by atoms with Crippen LogP contribution in [0.25, 0.3) is 0 Å². The van der Waals surface area contributed by atoms with Crippen molar-refractivity contribution in [3.63, 3.8) is 0 Å². The number of hydrogen-bond acceptors (Lipinski definition) is 2. The van der Waals surface area contributed by atoms with Crippen molar-refractivity contribution in [1.82, 2.24) is 0 Å². The highest BCUT2D eigenvalue weighted by Crippen LogP contribution is 2.31. The molecule has 0 heterocycles. The topological polar surface area (TPSA) is 63.3 Å². The minimum Gasteiger partial charge on any atom is -0.480 e. The highest BCUT2D eigenvalue weighted by Gasteiger charge is 2.22. The molecule has 0 saturated carbocycles. The van der Waals surface area contributed by atoms with Gasteiger partial charge >= 0.3 is 5.97 Å². The van der Waals surface area contributed by atoms with Gasteiger partial charge in [0.1, 0.15) is 9.16 Å². The molecule has 1 aliphatic rings. The Labute approximate surface area is 107 Å². The molecule has 0 aromatic heterocycles. The quantitative estimate of drug-likeness (QED) is 0.731. The van der Waals surface area contributed by atoms with Gasteiger partial charge in [0.2, 0.25) is 0 Å². The van der Waals surface area contributed by atoms with Crippen LogP contribution in [-0.2, 0) is 4.79 Å². The molecule has 3 nitrogen and oxygen atoms in total. The molecule has 0 aliphatic heterocycles. The smallest absolute Gasteiger partial charge is 0.316 e. The molecular formula is C9H12BrCl2NO2. The van der Waals surface area contributed by atoms with E-state index in [1.54, 1.807) is 25.2 Å². The number of hydrogen-bond donors (Lipinski definition) is 2. The minimum atomic E-state index is -0.824. The van der Waals surface area contributed by atoms with Gasteiger partial charge in [0.25, 0.3) is 0 Å². The van der Waals surface area contributed by atoms with Crippen LogP contribution in [0.5, 0.6) is 0 Å². The van der Waals surface area contributed by atoms with Crippen LogP contribution in [0.15, 0.2) is 23.9 Å². The molecule has 0 spiro atoms. The zero-order valence-electron chi connectivity index (χ0n) is 8.08. The average Bonchev–Trinajstić information content (AvgIpc) is 2.02. The number of halogens is 3. The maximum atomic E-state index is 9.65. The molecule has 0 amide bonds. The second-order valence-electron chi connectivity index (χ2n) is 2.99. The summed E-state index contributed by atoms with van der Waals surface area (Å²) in [6.07, 6.45) is 5.79. The monoisotopic (exact) mass is 315 g/mol. The van der Waals surface area contributed by atoms with Crippen molar-refractivity contribution >= 4 is 45.1 Å². The van der Waals surface area contributed by atoms with Crippen molar-refractivity contribution < 1.29 is 9.90 Å². The summed E-state index contributed by atoms with van der Waals surface area (Å²) in [7, 11) is 0. The van der Waals surface area contributed by atoms with E-state index in [9.17, 15) is 4.79 Å². The second kappa shape index (κ2) is 6.40. The Bertz CT molecular complexity index is 288. The Hall–Kier alpha value is -0.190. The Morgan fingerprint density at radius 1 is 1.73 bits per heavy atom. The molecule has 0 bridgehead atoms. The SMILES string of the molecule is CC(Br)C(=O)O.NC1=CC=CC(Cl)(Cl)C1. The number of carbonyl (C=O) groups is 1. The van der Waals surface area contributed by atoms with Crippen molar-refractivity contribution in [1.29, 1.82) is 0 Å². The first kappa shape index (κ1) is 14.8. The molecule has 86 valence electrons. The third-order valence-electron chi connectivity index (χ3n) is 1.43. The van der Waals surface area contributed by atoms with Crippen LogP contribution in [0, 0.1) is 0 Å². The molecule has 0 saturated heterocycles. The molecule has 15 heavy (non-hydrogen) atoms. The lowest BCUT2D eigenvalue weighted by Gasteiger charge is -2.17. The lowest BCUT2D eigenvalue weighted by molar-refractivity contribution is -0.135. The molecule has 0 fully saturated rings. The molecule has 1 atom stereocenters. The van der Waals surface area contributed by atoms with Gasteiger partial charge in [0.05, 0.1) is 0 Å². The zero-order chi connectivity index (χ0) is 12.1. The van der Waals surface area contributed by atoms with Crippen molar-refractivity contribution in [2.45, 2.75) is 22.5 Å². The summed E-state index contributed by atoms with van der Waals surface area (Å²) >= 11 is 14.3. The van der Waals surface area contributed by atoms with Crippen molar-refractivity contribution in [3.05, 3.63) is 23.9 Å². The Morgan fingerprint density at radius 2 is 2.20 bits per heavy atom. The van der Waals surface area contributed by atoms with Gasteiger partial charge < -0.3 is 10.8 Å². The first-order valence-electron chi connectivity index (χ1n) is 4.13. The highest BCUT2D eigenvalue weighted by atomic mass is 79.9. The van der Waals surface area contributed by atoms with Crippen LogP contribution in [0.1, 0.15) is 13.3 Å². The van der Waals surface area contributed by atoms with Gasteiger partial charge in [0.15, 0.2) is 0 Å². The Balaban J connectivity index is 0.000000288. The fourth-order valence-corrected chi connectivity index (χ4v) is 1.16. The number of carboxylic acids is 1. The van der Waals surface area contributed by atoms with Crippen molar-refractivity contribution in [3.8, 4) is 0 Å². The first-order chi connectivity index (χ1) is 6.74. The zero-order valence-corrected chi connectivity index (χ0v) is 11.2. The van der Waals surface area contributed by atoms with E-state index >= 15 is 0 Å². The fraction of sp³-hybridized carbons (Fsp3) is 0.444. The second-order valence-corrected chi connectivity index (χ2v) is 5.91. The number of allylic oxidation sites excluding steroid dienone is 4. The third kappa shape index (κ3) is 7.71. The third-order valence-corrected chi connectivity index (χ3v) is 2.34. The van der Waals surface area contributed by atoms with E-state index in [1.165, 1.54) is 0 Å². The lowest BCUT2D eigenvalue weighted by Crippen LogP contribution is -2.16. The normalized spacial score (nSPS) is 19.6. The molecule has 3 N–H and O–H groups in total. The van der Waals surface area contributed by atoms with Gasteiger partial charge in [-0.2, -0.15) is 0 Å². The number of carboxylic acid groups (broad SMARTS) is 1. The van der Waals surface area contributed by atoms with Gasteiger partial charge in [-0.15, -0.1) is 0 Å². The van der Waals surface area contributed by atoms with E-state index < -0.39 is 15.1 Å². The van der Waals surface area contributed by atoms with Crippen LogP contribution in [-0.4, -0.2) is 20.2 Å². The lowest BCUT2D eigenvalue weighted by atomic mass is 10.1. The van der Waals surface area contributed by atoms with Crippen molar-refractivity contribution in [2.75, 3.05) is 0 Å². The highest BCUT2D eigenvalue weighted by molar-refractivity contribution is 9.10. The van der Waals surface area contributed by atoms with Gasteiger partial charge in [-0.1, -0.05) is 45.2 Å². The Kier molecular flexibility index (Phi) is 6.32. The summed E-state index contributed by atoms with van der Waals surface area (Å²) in [6.45, 7) is 1.56. The molecule has 1 rings (SSSR count). The van der Waals surface area contributed by atoms with E-state index in [0.29, 0.717) is 6.42 Å². The van der Waals surface area contributed by atoms with E-state index in [-0.39, 0.29) is 0 Å². The summed E-state index contributed by atoms with van der Waals surface area (Å²) in [5.41, 5.74) is 6.18. The van der Waals surface area contributed by atoms with Gasteiger partial charge in [-0.05, 0) is 19.1 Å². The predicted molar refractivity (Wildman–Crippen MR) is 66.5 cm³/mol. The van der Waals surface area contributed by atoms with Gasteiger partial charge in [-0.3, -0.25) is 4.79 Å². The molecule has 0 aromatic carbocycles. The Morgan fingerprint density at radius 3 is 2.40 bits per heavy atom. The summed E-state index contributed by atoms with van der Waals surface area (Å²) < 4.78 is -0.779. The minimum absolute atomic E-state index is 0.419. The predicted octanol–water partition coefficient (Wildman–Crippen LogP) is 2.82. The fourth-order valence-electron chi connectivity index (χ4n) is 0.702. The number of rotatable bonds is 1. The first-order valence-corrected chi connectivity index (χ1v) is 5.80. The van der Waals surface area contributed by atoms with Gasteiger partial charge in [-0.25, -0.2) is 0 Å². The van der Waals surface area contributed by atoms with E-state index in [4.69, 9.17) is 34.0 Å². The van der Waals surface area contributed by atoms with Crippen LogP contribution in [0.3, 0.4) is 0 Å². The van der Waals surface area contributed by atoms with E-state index in [2.05, 4.69) is 15.9 Å². The largest absolute Gasteiger partial charge is 0.480 e. The average molecular weight is 317 g/mol. The number of aliphatic carboxylic acids is 1. The van der Waals surface area contributed by atoms with Gasteiger partial charge in [0, 0.05) is 12.1 Å². The van der Waals surface area contributed by atoms with Crippen LogP contribution in [0.2, 0.25) is 0 Å². The number of alkyl halides is 3. The molecule has 1 unspecified atom stereocenters. The summed E-state index contributed by atoms with van der Waals surface area (Å²) in [6, 6.07) is 0. The molecule has 0 radical (unpaired) electrons. The maximum Gasteiger partial charge on any atom is 0.316 e. The summed E-state index contributed by atoms with van der Waals surface area (Å²) in [5, 5.41) is 7.94. The van der Waals surface area contributed by atoms with Crippen LogP contribution >= 0.6 is 39.1 Å². The molecule has 6 heteroatoms. The van der Waals surface area contributed by atoms with Crippen LogP contribution in [0.4, 0.5) is 0 Å². The molecule has 0 aromatic rings.